The number of rotatable bonds is 9. The molecule has 3 N–H and O–H groups in total. The van der Waals surface area contributed by atoms with Crippen molar-refractivity contribution in [1.29, 1.82) is 0 Å². The molecule has 3 aromatic heterocycles. The highest BCUT2D eigenvalue weighted by Gasteiger charge is 2.31. The molecule has 14 heteroatoms. The average molecular weight is 754 g/mol. The van der Waals surface area contributed by atoms with Gasteiger partial charge in [0, 0.05) is 30.6 Å². The van der Waals surface area contributed by atoms with Gasteiger partial charge in [-0.2, -0.15) is 5.10 Å². The number of nitrogens with one attached hydrogen (secondary N) is 2. The van der Waals surface area contributed by atoms with Gasteiger partial charge in [-0.25, -0.2) is 13.9 Å². The number of likely N-dealkylation sites (N-methyl/N-ethyl adjacent to an activating group) is 1. The van der Waals surface area contributed by atoms with Gasteiger partial charge in [-0.1, -0.05) is 45.0 Å². The van der Waals surface area contributed by atoms with E-state index >= 15 is 0 Å². The predicted molar refractivity (Wildman–Crippen MR) is 211 cm³/mol. The first kappa shape index (κ1) is 39.2. The first-order valence-electron chi connectivity index (χ1n) is 18.9. The van der Waals surface area contributed by atoms with Crippen LogP contribution in [-0.2, 0) is 16.6 Å². The van der Waals surface area contributed by atoms with E-state index in [4.69, 9.17) is 19.7 Å². The number of amides is 2. The van der Waals surface area contributed by atoms with E-state index in [9.17, 15) is 9.18 Å². The molecule has 0 bridgehead atoms. The van der Waals surface area contributed by atoms with Gasteiger partial charge >= 0.3 is 6.03 Å². The Hall–Kier alpha value is -5.50. The Balaban J connectivity index is 0.00000166. The average Bonchev–Trinajstić information content (AvgIpc) is 3.77. The molecule has 3 atom stereocenters. The van der Waals surface area contributed by atoms with Gasteiger partial charge in [-0.15, -0.1) is 10.2 Å². The molecule has 7 rings (SSSR count). The van der Waals surface area contributed by atoms with E-state index in [-0.39, 0.29) is 35.9 Å². The third-order valence-corrected chi connectivity index (χ3v) is 10.3. The van der Waals surface area contributed by atoms with E-state index in [0.717, 1.165) is 60.0 Å². The number of urea groups is 1. The van der Waals surface area contributed by atoms with Crippen LogP contribution in [0.1, 0.15) is 94.3 Å². The van der Waals surface area contributed by atoms with Crippen LogP contribution in [0.15, 0.2) is 66.9 Å². The van der Waals surface area contributed by atoms with E-state index in [1.807, 2.05) is 66.0 Å². The minimum Gasteiger partial charge on any atom is -0.484 e. The fourth-order valence-electron chi connectivity index (χ4n) is 7.28. The maximum absolute atomic E-state index is 14.8. The van der Waals surface area contributed by atoms with Gasteiger partial charge in [0.15, 0.2) is 5.65 Å². The lowest BCUT2D eigenvalue weighted by Gasteiger charge is -2.33. The van der Waals surface area contributed by atoms with Crippen molar-refractivity contribution in [1.82, 2.24) is 34.6 Å². The molecule has 5 aromatic rings. The summed E-state index contributed by atoms with van der Waals surface area (Å²) >= 11 is 0. The maximum atomic E-state index is 14.8. The fraction of sp³-hybridized carbons (Fsp3) is 0.439. The Morgan fingerprint density at radius 2 is 1.80 bits per heavy atom. The summed E-state index contributed by atoms with van der Waals surface area (Å²) in [4.78, 5) is 26.4. The summed E-state index contributed by atoms with van der Waals surface area (Å²) < 4.78 is 25.2. The highest BCUT2D eigenvalue weighted by molar-refractivity contribution is 5.89. The zero-order valence-electron chi connectivity index (χ0n) is 32.5. The van der Waals surface area contributed by atoms with E-state index in [0.29, 0.717) is 42.5 Å². The van der Waals surface area contributed by atoms with Gasteiger partial charge in [-0.05, 0) is 107 Å². The lowest BCUT2D eigenvalue weighted by Crippen LogP contribution is -2.38. The molecule has 292 valence electrons. The van der Waals surface area contributed by atoms with Crippen LogP contribution in [0.25, 0.3) is 11.3 Å². The van der Waals surface area contributed by atoms with Crippen molar-refractivity contribution >= 4 is 29.9 Å². The van der Waals surface area contributed by atoms with Crippen LogP contribution >= 0.6 is 0 Å². The molecule has 4 heterocycles. The van der Waals surface area contributed by atoms with Gasteiger partial charge in [0.2, 0.25) is 5.95 Å². The van der Waals surface area contributed by atoms with Crippen LogP contribution in [0.5, 0.6) is 5.75 Å². The van der Waals surface area contributed by atoms with Crippen molar-refractivity contribution in [2.24, 2.45) is 0 Å². The summed E-state index contributed by atoms with van der Waals surface area (Å²) in [6.07, 6.45) is 7.31. The zero-order valence-corrected chi connectivity index (χ0v) is 32.5. The summed E-state index contributed by atoms with van der Waals surface area (Å²) in [7, 11) is 3.93. The molecule has 2 amide bonds. The highest BCUT2D eigenvalue weighted by Crippen LogP contribution is 2.39. The van der Waals surface area contributed by atoms with Crippen molar-refractivity contribution in [2.75, 3.05) is 37.4 Å². The SMILES string of the molecule is C[C@H]1CCCCN1c1nnc2ccc(O[C@@H]3CC[C@H](NC(=O)Nc4cc(C(C)(C)C)nn4-c4ccc(F)c(CCN(C)C)c4)c4ccccc43)cn12.O=CO. The third kappa shape index (κ3) is 9.07. The van der Waals surface area contributed by atoms with E-state index in [1.54, 1.807) is 10.7 Å². The van der Waals surface area contributed by atoms with Crippen LogP contribution in [0.4, 0.5) is 21.0 Å². The fourth-order valence-corrected chi connectivity index (χ4v) is 7.28. The Morgan fingerprint density at radius 1 is 1.04 bits per heavy atom. The van der Waals surface area contributed by atoms with Gasteiger partial charge in [0.05, 0.1) is 23.6 Å². The normalized spacial score (nSPS) is 18.3. The van der Waals surface area contributed by atoms with Crippen molar-refractivity contribution in [3.8, 4) is 11.4 Å². The zero-order chi connectivity index (χ0) is 39.3. The molecule has 1 saturated heterocycles. The molecule has 1 fully saturated rings. The third-order valence-electron chi connectivity index (χ3n) is 10.3. The number of nitrogens with zero attached hydrogens (tertiary/aromatic N) is 7. The number of carbonyl (C=O) groups excluding carboxylic acids is 1. The summed E-state index contributed by atoms with van der Waals surface area (Å²) in [6, 6.07) is 18.8. The number of piperidine rings is 1. The Morgan fingerprint density at radius 3 is 2.53 bits per heavy atom. The molecule has 13 nitrogen and oxygen atoms in total. The van der Waals surface area contributed by atoms with E-state index in [2.05, 4.69) is 65.6 Å². The first-order valence-corrected chi connectivity index (χ1v) is 18.9. The van der Waals surface area contributed by atoms with Gasteiger partial charge in [-0.3, -0.25) is 14.5 Å². The number of halogens is 1. The lowest BCUT2D eigenvalue weighted by atomic mass is 9.85. The maximum Gasteiger partial charge on any atom is 0.320 e. The molecule has 0 unspecified atom stereocenters. The Labute approximate surface area is 321 Å². The number of anilines is 2. The van der Waals surface area contributed by atoms with E-state index < -0.39 is 0 Å². The van der Waals surface area contributed by atoms with Crippen LogP contribution in [0, 0.1) is 5.82 Å². The number of carbonyl (C=O) groups is 2. The second-order valence-corrected chi connectivity index (χ2v) is 15.6. The quantitative estimate of drug-likeness (QED) is 0.132. The molecular formula is C41H52FN9O4. The molecule has 2 aromatic carbocycles. The first-order chi connectivity index (χ1) is 26.4. The van der Waals surface area contributed by atoms with Crippen molar-refractivity contribution in [3.63, 3.8) is 0 Å². The van der Waals surface area contributed by atoms with Crippen LogP contribution in [0.2, 0.25) is 0 Å². The summed E-state index contributed by atoms with van der Waals surface area (Å²) in [5, 5.41) is 27.0. The van der Waals surface area contributed by atoms with Crippen molar-refractivity contribution < 1.29 is 23.8 Å². The molecule has 1 aliphatic heterocycles. The largest absolute Gasteiger partial charge is 0.484 e. The molecule has 1 aliphatic carbocycles. The predicted octanol–water partition coefficient (Wildman–Crippen LogP) is 7.31. The monoisotopic (exact) mass is 753 g/mol. The number of hydrogen-bond acceptors (Lipinski definition) is 8. The molecule has 0 saturated carbocycles. The molecule has 2 aliphatic rings. The summed E-state index contributed by atoms with van der Waals surface area (Å²) in [6.45, 7) is 9.91. The summed E-state index contributed by atoms with van der Waals surface area (Å²) in [5.41, 5.74) is 4.69. The van der Waals surface area contributed by atoms with Gasteiger partial charge in [0.1, 0.15) is 23.5 Å². The second kappa shape index (κ2) is 16.9. The topological polar surface area (TPSA) is 142 Å². The number of pyridine rings is 1. The second-order valence-electron chi connectivity index (χ2n) is 15.6. The smallest absolute Gasteiger partial charge is 0.320 e. The molecule has 55 heavy (non-hydrogen) atoms. The molecular weight excluding hydrogens is 702 g/mol. The van der Waals surface area contributed by atoms with Crippen LogP contribution in [0.3, 0.4) is 0 Å². The van der Waals surface area contributed by atoms with Gasteiger partial charge in [0.25, 0.3) is 6.47 Å². The summed E-state index contributed by atoms with van der Waals surface area (Å²) in [5.74, 6) is 1.86. The highest BCUT2D eigenvalue weighted by atomic mass is 19.1. The van der Waals surface area contributed by atoms with Crippen molar-refractivity contribution in [3.05, 3.63) is 95.1 Å². The molecule has 0 radical (unpaired) electrons. The minimum absolute atomic E-state index is 0.181. The Bertz CT molecular complexity index is 2110. The van der Waals surface area contributed by atoms with Crippen molar-refractivity contribution in [2.45, 2.75) is 89.8 Å². The minimum atomic E-state index is -0.340. The number of carboxylic acid groups (broad SMARTS) is 1. The molecule has 0 spiro atoms. The van der Waals surface area contributed by atoms with Gasteiger partial charge < -0.3 is 25.0 Å². The lowest BCUT2D eigenvalue weighted by molar-refractivity contribution is -0.122. The number of fused-ring (bicyclic) bond motifs is 2. The number of aromatic nitrogens is 5. The van der Waals surface area contributed by atoms with Crippen LogP contribution in [-0.4, -0.2) is 80.1 Å². The van der Waals surface area contributed by atoms with E-state index in [1.165, 1.54) is 12.5 Å². The van der Waals surface area contributed by atoms with Crippen LogP contribution < -0.4 is 20.3 Å². The standard InChI is InChI=1S/C40H50FN9O2.CH2O2/c1-26-11-9-10-21-48(26)39-45-44-36-19-15-29(25-49(36)39)52-34-18-17-33(30-12-7-8-13-31(30)34)42-38(51)43-37-24-35(40(2,3)4)46-50(37)28-14-16-32(41)27(23-28)20-22-47(5)6;2-1-3/h7-8,12-16,19,23-26,33-34H,9-11,17-18,20-22H2,1-6H3,(H2,42,43,51);1H,(H,2,3)/t26-,33-,34+;/m0./s1. The number of benzene rings is 2. The Kier molecular flexibility index (Phi) is 12.0. The number of ether oxygens (including phenoxy) is 1. The number of hydrogen-bond donors (Lipinski definition) is 3.